The minimum absolute atomic E-state index is 0.0454. The Bertz CT molecular complexity index is 765. The minimum atomic E-state index is -1.08. The lowest BCUT2D eigenvalue weighted by Crippen LogP contribution is -2.16. The van der Waals surface area contributed by atoms with Crippen LogP contribution in [0.5, 0.6) is 0 Å². The van der Waals surface area contributed by atoms with Crippen molar-refractivity contribution >= 4 is 16.9 Å². The fraction of sp³-hybridized carbons (Fsp3) is 0.269. The van der Waals surface area contributed by atoms with E-state index in [0.29, 0.717) is 0 Å². The van der Waals surface area contributed by atoms with E-state index >= 15 is 0 Å². The van der Waals surface area contributed by atoms with Crippen LogP contribution in [-0.4, -0.2) is 5.97 Å². The normalized spacial score (nSPS) is 10.4. The Kier molecular flexibility index (Phi) is 9.01. The fourth-order valence-corrected chi connectivity index (χ4v) is 5.03. The molecule has 0 atom stereocenters. The van der Waals surface area contributed by atoms with Crippen molar-refractivity contribution < 1.29 is 9.90 Å². The molecule has 3 aromatic rings. The topological polar surface area (TPSA) is 40.1 Å². The van der Waals surface area contributed by atoms with E-state index in [2.05, 4.69) is 93.6 Å². The predicted octanol–water partition coefficient (Wildman–Crippen LogP) is 5.23. The average molecular weight is 407 g/mol. The first-order valence-electron chi connectivity index (χ1n) is 10.2. The molecule has 0 aliphatic rings. The zero-order valence-corrected chi connectivity index (χ0v) is 18.6. The van der Waals surface area contributed by atoms with Gasteiger partial charge in [0, 0.05) is 5.97 Å². The molecule has 0 aliphatic carbocycles. The van der Waals surface area contributed by atoms with Gasteiger partial charge in [0.2, 0.25) is 0 Å². The predicted molar refractivity (Wildman–Crippen MR) is 120 cm³/mol. The molecule has 0 saturated carbocycles. The molecule has 0 bridgehead atoms. The second-order valence-electron chi connectivity index (χ2n) is 6.79. The van der Waals surface area contributed by atoms with Gasteiger partial charge in [-0.1, -0.05) is 57.2 Å². The van der Waals surface area contributed by atoms with E-state index in [-0.39, 0.29) is 10.9 Å². The van der Waals surface area contributed by atoms with Gasteiger partial charge < -0.3 is 9.90 Å². The first kappa shape index (κ1) is 22.8. The van der Waals surface area contributed by atoms with Crippen LogP contribution in [0, 0.1) is 0 Å². The molecule has 0 heterocycles. The summed E-state index contributed by atoms with van der Waals surface area (Å²) in [5.41, 5.74) is 4.19. The van der Waals surface area contributed by atoms with Gasteiger partial charge in [-0.2, -0.15) is 0 Å². The summed E-state index contributed by atoms with van der Waals surface area (Å²) < 4.78 is 0. The van der Waals surface area contributed by atoms with Gasteiger partial charge in [0.25, 0.3) is 0 Å². The Morgan fingerprint density at radius 1 is 0.621 bits per heavy atom. The number of hydrogen-bond donors (Lipinski definition) is 0. The van der Waals surface area contributed by atoms with Crippen molar-refractivity contribution in [2.75, 3.05) is 0 Å². The molecule has 29 heavy (non-hydrogen) atoms. The van der Waals surface area contributed by atoms with Crippen LogP contribution in [0.1, 0.15) is 44.4 Å². The fourth-order valence-electron chi connectivity index (χ4n) is 2.99. The Balaban J connectivity index is 0.000000687. The number of aryl methyl sites for hydroxylation is 3. The highest BCUT2D eigenvalue weighted by molar-refractivity contribution is 7.97. The Hall–Kier alpha value is -2.52. The molecule has 0 radical (unpaired) electrons. The van der Waals surface area contributed by atoms with Gasteiger partial charge in [-0.3, -0.25) is 0 Å². The van der Waals surface area contributed by atoms with Crippen molar-refractivity contribution in [2.24, 2.45) is 0 Å². The van der Waals surface area contributed by atoms with Crippen molar-refractivity contribution in [1.82, 2.24) is 0 Å². The Morgan fingerprint density at radius 3 is 1.00 bits per heavy atom. The SMILES string of the molecule is CC(=O)[O-].CCc1ccc([S+](c2ccc(CC)cc2)c2ccc(CC)cc2)cc1. The quantitative estimate of drug-likeness (QED) is 0.526. The van der Waals surface area contributed by atoms with Crippen LogP contribution in [0.25, 0.3) is 0 Å². The number of carbonyl (C=O) groups is 1. The van der Waals surface area contributed by atoms with Crippen LogP contribution in [0.4, 0.5) is 0 Å². The maximum absolute atomic E-state index is 8.89. The molecule has 0 spiro atoms. The summed E-state index contributed by atoms with van der Waals surface area (Å²) in [6, 6.07) is 27.5. The minimum Gasteiger partial charge on any atom is -0.550 e. The second kappa shape index (κ2) is 11.5. The lowest BCUT2D eigenvalue weighted by atomic mass is 10.2. The first-order valence-corrected chi connectivity index (χ1v) is 11.4. The van der Waals surface area contributed by atoms with E-state index in [1.54, 1.807) is 0 Å². The van der Waals surface area contributed by atoms with Gasteiger partial charge in [0.05, 0.1) is 10.9 Å². The van der Waals surface area contributed by atoms with Gasteiger partial charge in [0.15, 0.2) is 14.7 Å². The van der Waals surface area contributed by atoms with Crippen molar-refractivity contribution in [3.63, 3.8) is 0 Å². The van der Waals surface area contributed by atoms with Crippen molar-refractivity contribution in [2.45, 2.75) is 61.6 Å². The standard InChI is InChI=1S/C24H27S.C2H4O2/c1-4-19-7-13-22(14-8-19)25(23-15-9-20(5-2)10-16-23)24-17-11-21(6-3)12-18-24;1-2(3)4/h7-18H,4-6H2,1-3H3;1H3,(H,3,4)/q+1;/p-1. The Morgan fingerprint density at radius 2 is 0.828 bits per heavy atom. The zero-order chi connectivity index (χ0) is 21.2. The summed E-state index contributed by atoms with van der Waals surface area (Å²) in [4.78, 5) is 13.1. The molecule has 0 aromatic heterocycles. The zero-order valence-electron chi connectivity index (χ0n) is 17.8. The van der Waals surface area contributed by atoms with E-state index < -0.39 is 5.97 Å². The van der Waals surface area contributed by atoms with Gasteiger partial charge >= 0.3 is 0 Å². The number of benzene rings is 3. The summed E-state index contributed by atoms with van der Waals surface area (Å²) >= 11 is 0. The van der Waals surface area contributed by atoms with Crippen LogP contribution in [0.15, 0.2) is 87.5 Å². The molecular formula is C26H30O2S. The molecule has 0 fully saturated rings. The third kappa shape index (κ3) is 6.79. The van der Waals surface area contributed by atoms with E-state index in [1.165, 1.54) is 31.4 Å². The van der Waals surface area contributed by atoms with E-state index in [1.807, 2.05) is 0 Å². The Labute approximate surface area is 178 Å². The highest BCUT2D eigenvalue weighted by atomic mass is 32.2. The first-order chi connectivity index (χ1) is 14.0. The summed E-state index contributed by atoms with van der Waals surface area (Å²) in [6.45, 7) is 7.60. The van der Waals surface area contributed by atoms with Crippen molar-refractivity contribution in [3.8, 4) is 0 Å². The van der Waals surface area contributed by atoms with Crippen LogP contribution in [-0.2, 0) is 35.0 Å². The lowest BCUT2D eigenvalue weighted by Gasteiger charge is -2.10. The van der Waals surface area contributed by atoms with Crippen LogP contribution in [0.2, 0.25) is 0 Å². The van der Waals surface area contributed by atoms with Crippen LogP contribution in [0.3, 0.4) is 0 Å². The monoisotopic (exact) mass is 406 g/mol. The van der Waals surface area contributed by atoms with Gasteiger partial charge in [-0.15, -0.1) is 0 Å². The lowest BCUT2D eigenvalue weighted by molar-refractivity contribution is -0.302. The van der Waals surface area contributed by atoms with Crippen molar-refractivity contribution in [3.05, 3.63) is 89.5 Å². The summed E-state index contributed by atoms with van der Waals surface area (Å²) in [5.74, 6) is -1.08. The van der Waals surface area contributed by atoms with Crippen molar-refractivity contribution in [1.29, 1.82) is 0 Å². The number of hydrogen-bond acceptors (Lipinski definition) is 2. The van der Waals surface area contributed by atoms with E-state index in [9.17, 15) is 0 Å². The molecule has 0 saturated heterocycles. The molecule has 0 unspecified atom stereocenters. The van der Waals surface area contributed by atoms with E-state index in [4.69, 9.17) is 9.90 Å². The smallest absolute Gasteiger partial charge is 0.166 e. The molecule has 2 nitrogen and oxygen atoms in total. The van der Waals surface area contributed by atoms with Gasteiger partial charge in [0.1, 0.15) is 0 Å². The molecule has 0 amide bonds. The molecular weight excluding hydrogens is 376 g/mol. The number of carboxylic acid groups (broad SMARTS) is 1. The summed E-state index contributed by atoms with van der Waals surface area (Å²) in [6.07, 6.45) is 3.26. The summed E-state index contributed by atoms with van der Waals surface area (Å²) in [5, 5.41) is 8.89. The van der Waals surface area contributed by atoms with E-state index in [0.717, 1.165) is 26.2 Å². The number of carbonyl (C=O) groups excluding carboxylic acids is 1. The largest absolute Gasteiger partial charge is 0.550 e. The third-order valence-electron chi connectivity index (χ3n) is 4.70. The van der Waals surface area contributed by atoms with Gasteiger partial charge in [-0.25, -0.2) is 0 Å². The number of aliphatic carboxylic acids is 1. The average Bonchev–Trinajstić information content (AvgIpc) is 2.75. The molecule has 3 rings (SSSR count). The maximum atomic E-state index is 8.89. The van der Waals surface area contributed by atoms with Crippen LogP contribution < -0.4 is 5.11 Å². The number of rotatable bonds is 6. The molecule has 0 N–H and O–H groups in total. The highest BCUT2D eigenvalue weighted by Crippen LogP contribution is 2.32. The number of carboxylic acids is 1. The summed E-state index contributed by atoms with van der Waals surface area (Å²) in [7, 11) is -0.0454. The molecule has 3 heteroatoms. The second-order valence-corrected chi connectivity index (χ2v) is 8.82. The molecule has 3 aromatic carbocycles. The maximum Gasteiger partial charge on any atom is 0.166 e. The molecule has 152 valence electrons. The highest BCUT2D eigenvalue weighted by Gasteiger charge is 2.28. The van der Waals surface area contributed by atoms with Crippen LogP contribution >= 0.6 is 0 Å². The van der Waals surface area contributed by atoms with Gasteiger partial charge in [-0.05, 0) is 79.3 Å². The molecule has 0 aliphatic heterocycles. The third-order valence-corrected chi connectivity index (χ3v) is 6.93.